The number of aromatic nitrogens is 2. The van der Waals surface area contributed by atoms with Crippen LogP contribution in [0.15, 0.2) is 18.3 Å². The van der Waals surface area contributed by atoms with Gasteiger partial charge < -0.3 is 5.73 Å². The van der Waals surface area contributed by atoms with Crippen LogP contribution in [0, 0.1) is 13.8 Å². The number of primary amides is 1. The molecular formula is C10H11N3O. The zero-order chi connectivity index (χ0) is 10.3. The highest BCUT2D eigenvalue weighted by Gasteiger charge is 2.13. The lowest BCUT2D eigenvalue weighted by atomic mass is 10.3. The Hall–Kier alpha value is -1.84. The first kappa shape index (κ1) is 8.74. The van der Waals surface area contributed by atoms with Gasteiger partial charge in [-0.2, -0.15) is 0 Å². The van der Waals surface area contributed by atoms with Crippen molar-refractivity contribution < 1.29 is 4.79 Å². The largest absolute Gasteiger partial charge is 0.364 e. The van der Waals surface area contributed by atoms with E-state index >= 15 is 0 Å². The van der Waals surface area contributed by atoms with Gasteiger partial charge in [-0.25, -0.2) is 4.98 Å². The van der Waals surface area contributed by atoms with Crippen LogP contribution in [0.3, 0.4) is 0 Å². The molecule has 0 unspecified atom stereocenters. The molecule has 2 rings (SSSR count). The van der Waals surface area contributed by atoms with E-state index in [-0.39, 0.29) is 0 Å². The van der Waals surface area contributed by atoms with E-state index in [2.05, 4.69) is 4.98 Å². The zero-order valence-corrected chi connectivity index (χ0v) is 8.11. The molecule has 0 saturated carbocycles. The number of carbonyl (C=O) groups excluding carboxylic acids is 1. The Morgan fingerprint density at radius 3 is 2.86 bits per heavy atom. The van der Waals surface area contributed by atoms with Gasteiger partial charge >= 0.3 is 0 Å². The van der Waals surface area contributed by atoms with Crippen LogP contribution < -0.4 is 5.73 Å². The molecule has 2 aromatic heterocycles. The summed E-state index contributed by atoms with van der Waals surface area (Å²) in [7, 11) is 0. The molecule has 72 valence electrons. The van der Waals surface area contributed by atoms with Crippen molar-refractivity contribution in [3.8, 4) is 0 Å². The summed E-state index contributed by atoms with van der Waals surface area (Å²) in [4.78, 5) is 15.5. The molecule has 4 nitrogen and oxygen atoms in total. The number of hydrogen-bond donors (Lipinski definition) is 1. The molecule has 0 bridgehead atoms. The second-order valence-corrected chi connectivity index (χ2v) is 3.29. The molecule has 1 amide bonds. The first-order valence-corrected chi connectivity index (χ1v) is 4.35. The fourth-order valence-electron chi connectivity index (χ4n) is 1.61. The summed E-state index contributed by atoms with van der Waals surface area (Å²) in [5.74, 6) is -0.444. The van der Waals surface area contributed by atoms with E-state index in [1.807, 2.05) is 19.1 Å². The number of nitrogens with zero attached hydrogens (tertiary/aromatic N) is 2. The highest BCUT2D eigenvalue weighted by molar-refractivity contribution is 5.93. The number of nitrogens with two attached hydrogens (primary N) is 1. The van der Waals surface area contributed by atoms with Crippen LogP contribution in [0.25, 0.3) is 5.65 Å². The molecule has 2 N–H and O–H groups in total. The number of rotatable bonds is 1. The van der Waals surface area contributed by atoms with Gasteiger partial charge in [-0.1, -0.05) is 6.07 Å². The van der Waals surface area contributed by atoms with Gasteiger partial charge in [0.05, 0.1) is 5.69 Å². The zero-order valence-electron chi connectivity index (χ0n) is 8.11. The van der Waals surface area contributed by atoms with Gasteiger partial charge in [0.25, 0.3) is 5.91 Å². The molecule has 0 spiro atoms. The van der Waals surface area contributed by atoms with E-state index in [0.717, 1.165) is 11.2 Å². The second-order valence-electron chi connectivity index (χ2n) is 3.29. The summed E-state index contributed by atoms with van der Waals surface area (Å²) in [6.07, 6.45) is 1.79. The van der Waals surface area contributed by atoms with Crippen LogP contribution in [0.4, 0.5) is 0 Å². The number of carbonyl (C=O) groups is 1. The van der Waals surface area contributed by atoms with Crippen molar-refractivity contribution in [2.45, 2.75) is 13.8 Å². The molecule has 0 fully saturated rings. The standard InChI is InChI=1S/C10H11N3O/c1-6-4-3-5-13-8(9(11)14)7(2)12-10(6)13/h3-5H,1-2H3,(H2,11,14). The third-order valence-electron chi connectivity index (χ3n) is 2.25. The fraction of sp³-hybridized carbons (Fsp3) is 0.200. The van der Waals surface area contributed by atoms with E-state index in [0.29, 0.717) is 11.4 Å². The summed E-state index contributed by atoms with van der Waals surface area (Å²) in [6, 6.07) is 3.82. The second kappa shape index (κ2) is 2.83. The Morgan fingerprint density at radius 1 is 1.50 bits per heavy atom. The Labute approximate surface area is 81.4 Å². The Morgan fingerprint density at radius 2 is 2.21 bits per heavy atom. The predicted molar refractivity (Wildman–Crippen MR) is 53.2 cm³/mol. The minimum absolute atomic E-state index is 0.444. The van der Waals surface area contributed by atoms with Gasteiger partial charge in [0, 0.05) is 6.20 Å². The number of aryl methyl sites for hydroxylation is 2. The molecule has 0 aliphatic rings. The third kappa shape index (κ3) is 1.08. The first-order chi connectivity index (χ1) is 6.61. The number of amides is 1. The van der Waals surface area contributed by atoms with Crippen LogP contribution in [0.2, 0.25) is 0 Å². The van der Waals surface area contributed by atoms with Crippen molar-refractivity contribution in [2.24, 2.45) is 5.73 Å². The number of imidazole rings is 1. The van der Waals surface area contributed by atoms with Crippen LogP contribution in [0.1, 0.15) is 21.7 Å². The maximum absolute atomic E-state index is 11.2. The fourth-order valence-corrected chi connectivity index (χ4v) is 1.61. The number of hydrogen-bond acceptors (Lipinski definition) is 2. The number of pyridine rings is 1. The van der Waals surface area contributed by atoms with Crippen LogP contribution in [0.5, 0.6) is 0 Å². The predicted octanol–water partition coefficient (Wildman–Crippen LogP) is 1.05. The molecule has 0 radical (unpaired) electrons. The summed E-state index contributed by atoms with van der Waals surface area (Å²) < 4.78 is 1.73. The van der Waals surface area contributed by atoms with Gasteiger partial charge in [-0.15, -0.1) is 0 Å². The SMILES string of the molecule is Cc1nc2c(C)cccn2c1C(N)=O. The lowest BCUT2D eigenvalue weighted by Gasteiger charge is -1.98. The van der Waals surface area contributed by atoms with E-state index in [1.54, 1.807) is 17.5 Å². The van der Waals surface area contributed by atoms with Crippen molar-refractivity contribution in [1.29, 1.82) is 0 Å². The summed E-state index contributed by atoms with van der Waals surface area (Å²) in [5, 5.41) is 0. The van der Waals surface area contributed by atoms with E-state index in [1.165, 1.54) is 0 Å². The van der Waals surface area contributed by atoms with Crippen molar-refractivity contribution in [2.75, 3.05) is 0 Å². The highest BCUT2D eigenvalue weighted by Crippen LogP contribution is 2.14. The normalized spacial score (nSPS) is 10.7. The minimum atomic E-state index is -0.444. The number of fused-ring (bicyclic) bond motifs is 1. The molecule has 0 aromatic carbocycles. The molecule has 4 heteroatoms. The lowest BCUT2D eigenvalue weighted by Crippen LogP contribution is -2.15. The molecule has 0 aliphatic heterocycles. The Kier molecular flexibility index (Phi) is 1.77. The summed E-state index contributed by atoms with van der Waals surface area (Å²) >= 11 is 0. The van der Waals surface area contributed by atoms with Crippen LogP contribution >= 0.6 is 0 Å². The van der Waals surface area contributed by atoms with Crippen LogP contribution in [-0.4, -0.2) is 15.3 Å². The third-order valence-corrected chi connectivity index (χ3v) is 2.25. The van der Waals surface area contributed by atoms with Gasteiger partial charge in [0.2, 0.25) is 0 Å². The molecular weight excluding hydrogens is 178 g/mol. The van der Waals surface area contributed by atoms with E-state index in [4.69, 9.17) is 5.73 Å². The van der Waals surface area contributed by atoms with Crippen molar-refractivity contribution in [3.63, 3.8) is 0 Å². The quantitative estimate of drug-likeness (QED) is 0.728. The van der Waals surface area contributed by atoms with Gasteiger partial charge in [-0.05, 0) is 25.5 Å². The lowest BCUT2D eigenvalue weighted by molar-refractivity contribution is 0.0994. The smallest absolute Gasteiger partial charge is 0.267 e. The Bertz CT molecular complexity index is 513. The molecule has 2 aromatic rings. The molecule has 2 heterocycles. The molecule has 0 aliphatic carbocycles. The highest BCUT2D eigenvalue weighted by atomic mass is 16.1. The molecule has 0 atom stereocenters. The molecule has 14 heavy (non-hydrogen) atoms. The van der Waals surface area contributed by atoms with Crippen molar-refractivity contribution >= 4 is 11.6 Å². The Balaban J connectivity index is 2.90. The topological polar surface area (TPSA) is 60.4 Å². The summed E-state index contributed by atoms with van der Waals surface area (Å²) in [5.41, 5.74) is 8.23. The molecule has 0 saturated heterocycles. The average molecular weight is 189 g/mol. The van der Waals surface area contributed by atoms with Gasteiger partial charge in [-0.3, -0.25) is 9.20 Å². The van der Waals surface area contributed by atoms with E-state index in [9.17, 15) is 4.79 Å². The van der Waals surface area contributed by atoms with E-state index < -0.39 is 5.91 Å². The van der Waals surface area contributed by atoms with Gasteiger partial charge in [0.15, 0.2) is 0 Å². The van der Waals surface area contributed by atoms with Gasteiger partial charge in [0.1, 0.15) is 11.3 Å². The van der Waals surface area contributed by atoms with Crippen LogP contribution in [-0.2, 0) is 0 Å². The first-order valence-electron chi connectivity index (χ1n) is 4.35. The maximum atomic E-state index is 11.2. The maximum Gasteiger partial charge on any atom is 0.267 e. The average Bonchev–Trinajstić information content (AvgIpc) is 2.42. The van der Waals surface area contributed by atoms with Crippen molar-refractivity contribution in [1.82, 2.24) is 9.38 Å². The summed E-state index contributed by atoms with van der Waals surface area (Å²) in [6.45, 7) is 3.74. The minimum Gasteiger partial charge on any atom is -0.364 e. The van der Waals surface area contributed by atoms with Crippen molar-refractivity contribution in [3.05, 3.63) is 35.3 Å². The monoisotopic (exact) mass is 189 g/mol.